The van der Waals surface area contributed by atoms with E-state index in [1.807, 2.05) is 17.9 Å². The maximum atomic E-state index is 12.8. The molecule has 3 heterocycles. The van der Waals surface area contributed by atoms with Crippen LogP contribution in [0, 0.1) is 6.92 Å². The number of carbonyl (C=O) groups excluding carboxylic acids is 1. The smallest absolute Gasteiger partial charge is 0.265 e. The number of thiazole rings is 2. The summed E-state index contributed by atoms with van der Waals surface area (Å²) < 4.78 is 0. The van der Waals surface area contributed by atoms with Crippen LogP contribution < -0.4 is 5.73 Å². The zero-order valence-electron chi connectivity index (χ0n) is 14.5. The minimum Gasteiger partial charge on any atom is -0.375 e. The number of amides is 1. The van der Waals surface area contributed by atoms with Gasteiger partial charge in [0.25, 0.3) is 5.91 Å². The molecule has 1 aromatic carbocycles. The van der Waals surface area contributed by atoms with Crippen LogP contribution in [0.5, 0.6) is 0 Å². The Morgan fingerprint density at radius 1 is 1.19 bits per heavy atom. The second-order valence-corrected chi connectivity index (χ2v) is 8.32. The van der Waals surface area contributed by atoms with Crippen molar-refractivity contribution in [2.75, 3.05) is 18.8 Å². The topological polar surface area (TPSA) is 72.1 Å². The first kappa shape index (κ1) is 17.2. The van der Waals surface area contributed by atoms with E-state index in [9.17, 15) is 4.79 Å². The number of piperidine rings is 1. The SMILES string of the molecule is Cc1ncsc1C(=O)N1CCC(c2ccccc2)(c2csc(N)n2)CC1. The Labute approximate surface area is 160 Å². The zero-order chi connectivity index (χ0) is 18.1. The molecule has 1 aliphatic heterocycles. The first-order valence-corrected chi connectivity index (χ1v) is 10.3. The van der Waals surface area contributed by atoms with Gasteiger partial charge in [-0.1, -0.05) is 30.3 Å². The highest BCUT2D eigenvalue weighted by Gasteiger charge is 2.41. The van der Waals surface area contributed by atoms with Crippen molar-refractivity contribution in [1.29, 1.82) is 0 Å². The average molecular weight is 385 g/mol. The van der Waals surface area contributed by atoms with Crippen molar-refractivity contribution in [3.8, 4) is 0 Å². The van der Waals surface area contributed by atoms with Crippen LogP contribution in [-0.2, 0) is 5.41 Å². The molecule has 4 rings (SSSR count). The summed E-state index contributed by atoms with van der Waals surface area (Å²) >= 11 is 2.90. The van der Waals surface area contributed by atoms with Crippen LogP contribution in [0.25, 0.3) is 0 Å². The average Bonchev–Trinajstić information content (AvgIpc) is 3.30. The Bertz CT molecular complexity index is 911. The Balaban J connectivity index is 1.63. The first-order chi connectivity index (χ1) is 12.6. The van der Waals surface area contributed by atoms with Crippen LogP contribution in [-0.4, -0.2) is 33.9 Å². The minimum atomic E-state index is -0.186. The molecule has 0 spiro atoms. The van der Waals surface area contributed by atoms with E-state index < -0.39 is 0 Å². The van der Waals surface area contributed by atoms with Crippen molar-refractivity contribution in [2.45, 2.75) is 25.2 Å². The molecule has 26 heavy (non-hydrogen) atoms. The fourth-order valence-electron chi connectivity index (χ4n) is 3.70. The molecular formula is C19H20N4OS2. The highest BCUT2D eigenvalue weighted by Crippen LogP contribution is 2.42. The van der Waals surface area contributed by atoms with Crippen LogP contribution in [0.4, 0.5) is 5.13 Å². The number of nitrogens with zero attached hydrogens (tertiary/aromatic N) is 3. The second kappa shape index (κ2) is 6.81. The van der Waals surface area contributed by atoms with Crippen LogP contribution in [0.3, 0.4) is 0 Å². The number of nitrogens with two attached hydrogens (primary N) is 1. The number of rotatable bonds is 3. The lowest BCUT2D eigenvalue weighted by Crippen LogP contribution is -2.46. The third kappa shape index (κ3) is 2.91. The van der Waals surface area contributed by atoms with Gasteiger partial charge in [-0.15, -0.1) is 22.7 Å². The van der Waals surface area contributed by atoms with Gasteiger partial charge in [0.05, 0.1) is 16.9 Å². The van der Waals surface area contributed by atoms with E-state index in [1.165, 1.54) is 28.2 Å². The molecule has 1 aliphatic rings. The molecule has 0 atom stereocenters. The summed E-state index contributed by atoms with van der Waals surface area (Å²) in [5.74, 6) is 0.0875. The van der Waals surface area contributed by atoms with Gasteiger partial charge in [-0.2, -0.15) is 0 Å². The number of carbonyl (C=O) groups is 1. The van der Waals surface area contributed by atoms with E-state index in [4.69, 9.17) is 5.73 Å². The van der Waals surface area contributed by atoms with E-state index >= 15 is 0 Å². The molecule has 1 amide bonds. The molecule has 2 aromatic heterocycles. The van der Waals surface area contributed by atoms with Crippen molar-refractivity contribution >= 4 is 33.7 Å². The molecule has 0 saturated carbocycles. The molecular weight excluding hydrogens is 364 g/mol. The molecule has 0 radical (unpaired) electrons. The standard InChI is InChI=1S/C19H20N4OS2/c1-13-16(26-12-21-13)17(24)23-9-7-19(8-10-23,14-5-3-2-4-6-14)15-11-25-18(20)22-15/h2-6,11-12H,7-10H2,1H3,(H2,20,22). The Hall–Kier alpha value is -2.25. The van der Waals surface area contributed by atoms with Crippen molar-refractivity contribution in [2.24, 2.45) is 0 Å². The van der Waals surface area contributed by atoms with Crippen molar-refractivity contribution < 1.29 is 4.79 Å². The molecule has 2 N–H and O–H groups in total. The molecule has 0 unspecified atom stereocenters. The summed E-state index contributed by atoms with van der Waals surface area (Å²) in [7, 11) is 0. The van der Waals surface area contributed by atoms with Crippen LogP contribution >= 0.6 is 22.7 Å². The summed E-state index contributed by atoms with van der Waals surface area (Å²) in [4.78, 5) is 24.3. The molecule has 1 saturated heterocycles. The number of aryl methyl sites for hydroxylation is 1. The van der Waals surface area contributed by atoms with Gasteiger partial charge in [-0.25, -0.2) is 9.97 Å². The largest absolute Gasteiger partial charge is 0.375 e. The Morgan fingerprint density at radius 3 is 2.50 bits per heavy atom. The van der Waals surface area contributed by atoms with Crippen LogP contribution in [0.2, 0.25) is 0 Å². The normalized spacial score (nSPS) is 16.6. The molecule has 0 bridgehead atoms. The fraction of sp³-hybridized carbons (Fsp3) is 0.316. The minimum absolute atomic E-state index is 0.0875. The highest BCUT2D eigenvalue weighted by atomic mass is 32.1. The molecule has 134 valence electrons. The number of hydrogen-bond donors (Lipinski definition) is 1. The Kier molecular flexibility index (Phi) is 4.50. The number of hydrogen-bond acceptors (Lipinski definition) is 6. The van der Waals surface area contributed by atoms with Crippen molar-refractivity contribution in [3.05, 3.63) is 63.1 Å². The van der Waals surface area contributed by atoms with Crippen LogP contribution in [0.1, 0.15) is 39.5 Å². The molecule has 1 fully saturated rings. The second-order valence-electron chi connectivity index (χ2n) is 6.58. The number of likely N-dealkylation sites (tertiary alicyclic amines) is 1. The number of nitrogen functional groups attached to an aromatic ring is 1. The zero-order valence-corrected chi connectivity index (χ0v) is 16.1. The number of aromatic nitrogens is 2. The highest BCUT2D eigenvalue weighted by molar-refractivity contribution is 7.13. The van der Waals surface area contributed by atoms with Gasteiger partial charge >= 0.3 is 0 Å². The quantitative estimate of drug-likeness (QED) is 0.747. The van der Waals surface area contributed by atoms with E-state index in [-0.39, 0.29) is 11.3 Å². The summed E-state index contributed by atoms with van der Waals surface area (Å²) in [6.07, 6.45) is 1.67. The first-order valence-electron chi connectivity index (χ1n) is 8.56. The third-order valence-corrected chi connectivity index (χ3v) is 6.77. The lowest BCUT2D eigenvalue weighted by atomic mass is 9.70. The van der Waals surface area contributed by atoms with Gasteiger partial charge in [0, 0.05) is 23.9 Å². The maximum absolute atomic E-state index is 12.8. The summed E-state index contributed by atoms with van der Waals surface area (Å²) in [6.45, 7) is 3.28. The lowest BCUT2D eigenvalue weighted by Gasteiger charge is -2.41. The third-order valence-electron chi connectivity index (χ3n) is 5.18. The Morgan fingerprint density at radius 2 is 1.92 bits per heavy atom. The van der Waals surface area contributed by atoms with E-state index in [1.54, 1.807) is 5.51 Å². The van der Waals surface area contributed by atoms with E-state index in [2.05, 4.69) is 39.6 Å². The summed E-state index contributed by atoms with van der Waals surface area (Å²) in [6, 6.07) is 10.5. The monoisotopic (exact) mass is 384 g/mol. The fourth-order valence-corrected chi connectivity index (χ4v) is 5.13. The van der Waals surface area contributed by atoms with Crippen molar-refractivity contribution in [3.63, 3.8) is 0 Å². The molecule has 3 aromatic rings. The van der Waals surface area contributed by atoms with Gasteiger partial charge in [0.2, 0.25) is 0 Å². The van der Waals surface area contributed by atoms with Gasteiger partial charge in [-0.3, -0.25) is 4.79 Å². The molecule has 0 aliphatic carbocycles. The summed E-state index contributed by atoms with van der Waals surface area (Å²) in [5, 5.41) is 2.65. The van der Waals surface area contributed by atoms with E-state index in [0.29, 0.717) is 18.2 Å². The van der Waals surface area contributed by atoms with E-state index in [0.717, 1.165) is 29.1 Å². The van der Waals surface area contributed by atoms with Gasteiger partial charge in [0.1, 0.15) is 4.88 Å². The van der Waals surface area contributed by atoms with Gasteiger partial charge in [-0.05, 0) is 25.3 Å². The summed E-state index contributed by atoms with van der Waals surface area (Å²) in [5.41, 5.74) is 10.5. The predicted octanol–water partition coefficient (Wildman–Crippen LogP) is 3.71. The molecule has 7 heteroatoms. The van der Waals surface area contributed by atoms with Crippen LogP contribution in [0.15, 0.2) is 41.2 Å². The maximum Gasteiger partial charge on any atom is 0.265 e. The lowest BCUT2D eigenvalue weighted by molar-refractivity contribution is 0.0688. The molecule has 5 nitrogen and oxygen atoms in total. The van der Waals surface area contributed by atoms with Gasteiger partial charge in [0.15, 0.2) is 5.13 Å². The number of benzene rings is 1. The van der Waals surface area contributed by atoms with Gasteiger partial charge < -0.3 is 10.6 Å². The number of anilines is 1. The predicted molar refractivity (Wildman–Crippen MR) is 106 cm³/mol. The van der Waals surface area contributed by atoms with Crippen molar-refractivity contribution in [1.82, 2.24) is 14.9 Å².